The summed E-state index contributed by atoms with van der Waals surface area (Å²) in [5.74, 6) is -0.00534. The molecule has 1 aromatic heterocycles. The molecule has 0 atom stereocenters. The number of carbonyl (C=O) groups is 1. The largest absolute Gasteiger partial charge is 0.504 e. The lowest BCUT2D eigenvalue weighted by Crippen LogP contribution is -2.17. The molecular weight excluding hydrogens is 343 g/mol. The third kappa shape index (κ3) is 3.78. The highest BCUT2D eigenvalue weighted by atomic mass is 35.5. The topological polar surface area (TPSA) is 84.1 Å². The number of rotatable bonds is 5. The first kappa shape index (κ1) is 17.2. The van der Waals surface area contributed by atoms with Gasteiger partial charge in [0.25, 0.3) is 5.91 Å². The van der Waals surface area contributed by atoms with Gasteiger partial charge in [0, 0.05) is 6.07 Å². The first-order valence-electron chi connectivity index (χ1n) is 6.67. The first-order chi connectivity index (χ1) is 11.0. The van der Waals surface area contributed by atoms with E-state index >= 15 is 0 Å². The molecule has 0 fully saturated rings. The maximum absolute atomic E-state index is 11.9. The zero-order valence-electron chi connectivity index (χ0n) is 12.4. The zero-order valence-corrected chi connectivity index (χ0v) is 13.9. The highest BCUT2D eigenvalue weighted by Crippen LogP contribution is 2.39. The molecule has 23 heavy (non-hydrogen) atoms. The van der Waals surface area contributed by atoms with Crippen LogP contribution in [0.15, 0.2) is 27.9 Å². The summed E-state index contributed by atoms with van der Waals surface area (Å²) in [7, 11) is 0. The third-order valence-corrected chi connectivity index (χ3v) is 3.76. The molecule has 2 rings (SSSR count). The quantitative estimate of drug-likeness (QED) is 0.630. The van der Waals surface area contributed by atoms with Gasteiger partial charge in [-0.05, 0) is 19.9 Å². The van der Waals surface area contributed by atoms with Crippen LogP contribution in [0.5, 0.6) is 11.5 Å². The molecule has 1 heterocycles. The van der Waals surface area contributed by atoms with Crippen molar-refractivity contribution < 1.29 is 19.1 Å². The summed E-state index contributed by atoms with van der Waals surface area (Å²) in [6.45, 7) is 3.77. The summed E-state index contributed by atoms with van der Waals surface area (Å²) in [5.41, 5.74) is 2.82. The molecule has 0 saturated carbocycles. The number of hydrogen-bond donors (Lipinski definition) is 2. The fraction of sp³-hybridized carbons (Fsp3) is 0.200. The van der Waals surface area contributed by atoms with Crippen LogP contribution >= 0.6 is 23.2 Å². The maximum Gasteiger partial charge on any atom is 0.274 e. The standard InChI is InChI=1S/C15H14Cl2N2O4/c1-3-22-12-6-11(16)13(17)10(14(12)20)7-18-19-15(21)9-4-5-23-8(9)2/h4-7,20H,3H2,1-2H3,(H,19,21). The van der Waals surface area contributed by atoms with Gasteiger partial charge in [0.15, 0.2) is 11.5 Å². The van der Waals surface area contributed by atoms with Gasteiger partial charge in [0.05, 0.1) is 40.3 Å². The van der Waals surface area contributed by atoms with Crippen LogP contribution in [0.25, 0.3) is 0 Å². The van der Waals surface area contributed by atoms with Crippen molar-refractivity contribution in [2.45, 2.75) is 13.8 Å². The summed E-state index contributed by atoms with van der Waals surface area (Å²) in [6, 6.07) is 2.94. The normalized spacial score (nSPS) is 11.0. The van der Waals surface area contributed by atoms with Crippen LogP contribution < -0.4 is 10.2 Å². The van der Waals surface area contributed by atoms with Crippen molar-refractivity contribution in [3.63, 3.8) is 0 Å². The van der Waals surface area contributed by atoms with E-state index in [1.165, 1.54) is 24.6 Å². The predicted octanol–water partition coefficient (Wildman–Crippen LogP) is 3.76. The molecular formula is C15H14Cl2N2O4. The van der Waals surface area contributed by atoms with Gasteiger partial charge in [-0.2, -0.15) is 5.10 Å². The van der Waals surface area contributed by atoms with Crippen LogP contribution in [0.4, 0.5) is 0 Å². The van der Waals surface area contributed by atoms with Crippen molar-refractivity contribution >= 4 is 35.3 Å². The summed E-state index contributed by atoms with van der Waals surface area (Å²) in [5, 5.41) is 14.2. The Morgan fingerprint density at radius 1 is 1.52 bits per heavy atom. The summed E-state index contributed by atoms with van der Waals surface area (Å²) >= 11 is 12.0. The van der Waals surface area contributed by atoms with Gasteiger partial charge >= 0.3 is 0 Å². The minimum absolute atomic E-state index is 0.102. The number of benzene rings is 1. The number of furan rings is 1. The molecule has 0 aliphatic carbocycles. The molecule has 0 unspecified atom stereocenters. The molecule has 6 nitrogen and oxygen atoms in total. The second kappa shape index (κ2) is 7.39. The predicted molar refractivity (Wildman–Crippen MR) is 87.8 cm³/mol. The lowest BCUT2D eigenvalue weighted by Gasteiger charge is -2.10. The van der Waals surface area contributed by atoms with E-state index in [2.05, 4.69) is 10.5 Å². The van der Waals surface area contributed by atoms with E-state index in [-0.39, 0.29) is 27.1 Å². The van der Waals surface area contributed by atoms with Gasteiger partial charge < -0.3 is 14.3 Å². The minimum atomic E-state index is -0.449. The van der Waals surface area contributed by atoms with Crippen molar-refractivity contribution in [2.24, 2.45) is 5.10 Å². The monoisotopic (exact) mass is 356 g/mol. The van der Waals surface area contributed by atoms with Crippen LogP contribution in [0, 0.1) is 6.92 Å². The second-order valence-electron chi connectivity index (χ2n) is 4.46. The Morgan fingerprint density at radius 3 is 2.87 bits per heavy atom. The van der Waals surface area contributed by atoms with E-state index in [0.717, 1.165) is 0 Å². The van der Waals surface area contributed by atoms with E-state index < -0.39 is 5.91 Å². The highest BCUT2D eigenvalue weighted by molar-refractivity contribution is 6.43. The van der Waals surface area contributed by atoms with Crippen molar-refractivity contribution in [1.82, 2.24) is 5.43 Å². The lowest BCUT2D eigenvalue weighted by atomic mass is 10.2. The number of aromatic hydroxyl groups is 1. The molecule has 0 radical (unpaired) electrons. The van der Waals surface area contributed by atoms with Gasteiger partial charge in [-0.15, -0.1) is 0 Å². The number of nitrogens with zero attached hydrogens (tertiary/aromatic N) is 1. The fourth-order valence-electron chi connectivity index (χ4n) is 1.83. The molecule has 0 spiro atoms. The van der Waals surface area contributed by atoms with Crippen molar-refractivity contribution in [3.8, 4) is 11.5 Å². The third-order valence-electron chi connectivity index (χ3n) is 2.96. The molecule has 122 valence electrons. The fourth-order valence-corrected chi connectivity index (χ4v) is 2.23. The second-order valence-corrected chi connectivity index (χ2v) is 5.24. The Labute approximate surface area is 142 Å². The Bertz CT molecular complexity index is 756. The average molecular weight is 357 g/mol. The Kier molecular flexibility index (Phi) is 5.52. The van der Waals surface area contributed by atoms with Crippen LogP contribution in [-0.4, -0.2) is 23.8 Å². The number of halogens is 2. The van der Waals surface area contributed by atoms with E-state index in [1.807, 2.05) is 0 Å². The summed E-state index contributed by atoms with van der Waals surface area (Å²) in [4.78, 5) is 11.9. The number of phenolic OH excluding ortho intramolecular Hbond substituents is 1. The lowest BCUT2D eigenvalue weighted by molar-refractivity contribution is 0.0953. The molecule has 0 bridgehead atoms. The van der Waals surface area contributed by atoms with Gasteiger partial charge in [0.1, 0.15) is 5.76 Å². The molecule has 0 saturated heterocycles. The summed E-state index contributed by atoms with van der Waals surface area (Å²) in [6.07, 6.45) is 2.60. The van der Waals surface area contributed by atoms with Crippen molar-refractivity contribution in [3.05, 3.63) is 45.3 Å². The Balaban J connectivity index is 2.22. The smallest absolute Gasteiger partial charge is 0.274 e. The molecule has 0 aliphatic heterocycles. The number of nitrogens with one attached hydrogen (secondary N) is 1. The van der Waals surface area contributed by atoms with Crippen LogP contribution in [-0.2, 0) is 0 Å². The number of hydrazone groups is 1. The Morgan fingerprint density at radius 2 is 2.26 bits per heavy atom. The Hall–Kier alpha value is -2.18. The van der Waals surface area contributed by atoms with E-state index in [9.17, 15) is 9.90 Å². The molecule has 2 N–H and O–H groups in total. The SMILES string of the molecule is CCOc1cc(Cl)c(Cl)c(C=NNC(=O)c2ccoc2C)c1O. The molecule has 8 heteroatoms. The van der Waals surface area contributed by atoms with Crippen molar-refractivity contribution in [1.29, 1.82) is 0 Å². The number of ether oxygens (including phenoxy) is 1. The minimum Gasteiger partial charge on any atom is -0.504 e. The van der Waals surface area contributed by atoms with Crippen LogP contribution in [0.1, 0.15) is 28.6 Å². The number of phenols is 1. The van der Waals surface area contributed by atoms with E-state index in [0.29, 0.717) is 17.9 Å². The maximum atomic E-state index is 11.9. The molecule has 0 aliphatic rings. The van der Waals surface area contributed by atoms with E-state index in [1.54, 1.807) is 13.8 Å². The molecule has 1 aromatic carbocycles. The molecule has 2 aromatic rings. The van der Waals surface area contributed by atoms with E-state index in [4.69, 9.17) is 32.4 Å². The number of aryl methyl sites for hydroxylation is 1. The van der Waals surface area contributed by atoms with Crippen molar-refractivity contribution in [2.75, 3.05) is 6.61 Å². The first-order valence-corrected chi connectivity index (χ1v) is 7.42. The highest BCUT2D eigenvalue weighted by Gasteiger charge is 2.16. The number of amides is 1. The van der Waals surface area contributed by atoms with Gasteiger partial charge in [-0.25, -0.2) is 5.43 Å². The van der Waals surface area contributed by atoms with Crippen LogP contribution in [0.3, 0.4) is 0 Å². The number of carbonyl (C=O) groups excluding carboxylic acids is 1. The summed E-state index contributed by atoms with van der Waals surface area (Å²) < 4.78 is 10.3. The molecule has 1 amide bonds. The zero-order chi connectivity index (χ0) is 17.0. The van der Waals surface area contributed by atoms with Gasteiger partial charge in [-0.1, -0.05) is 23.2 Å². The van der Waals surface area contributed by atoms with Crippen LogP contribution in [0.2, 0.25) is 10.0 Å². The number of hydrogen-bond acceptors (Lipinski definition) is 5. The van der Waals surface area contributed by atoms with Gasteiger partial charge in [-0.3, -0.25) is 4.79 Å². The average Bonchev–Trinajstić information content (AvgIpc) is 2.94. The van der Waals surface area contributed by atoms with Gasteiger partial charge in [0.2, 0.25) is 0 Å².